The molecule has 0 atom stereocenters. The molecule has 0 unspecified atom stereocenters. The number of carbonyl (C=O) groups is 2. The summed E-state index contributed by atoms with van der Waals surface area (Å²) >= 11 is 0. The summed E-state index contributed by atoms with van der Waals surface area (Å²) in [6.45, 7) is -3.32. The van der Waals surface area contributed by atoms with Crippen LogP contribution in [0.25, 0.3) is 0 Å². The minimum Gasteiger partial charge on any atom is -0.435 e. The monoisotopic (exact) mass is 365 g/mol. The molecule has 2 aromatic rings. The molecule has 0 saturated carbocycles. The third kappa shape index (κ3) is 5.51. The number of alkyl halides is 2. The molecule has 0 aliphatic heterocycles. The second kappa shape index (κ2) is 8.51. The molecule has 2 aromatic carbocycles. The van der Waals surface area contributed by atoms with Crippen LogP contribution in [0.5, 0.6) is 5.75 Å². The average Bonchev–Trinajstić information content (AvgIpc) is 2.61. The Morgan fingerprint density at radius 2 is 1.85 bits per heavy atom. The molecule has 26 heavy (non-hydrogen) atoms. The van der Waals surface area contributed by atoms with Gasteiger partial charge in [-0.3, -0.25) is 19.7 Å². The van der Waals surface area contributed by atoms with Gasteiger partial charge >= 0.3 is 6.61 Å². The van der Waals surface area contributed by atoms with E-state index in [1.54, 1.807) is 0 Å². The van der Waals surface area contributed by atoms with Crippen LogP contribution in [-0.2, 0) is 4.79 Å². The van der Waals surface area contributed by atoms with Gasteiger partial charge in [-0.15, -0.1) is 0 Å². The highest BCUT2D eigenvalue weighted by Gasteiger charge is 2.12. The summed E-state index contributed by atoms with van der Waals surface area (Å²) in [6, 6.07) is 10.3. The molecule has 0 aliphatic rings. The Kier molecular flexibility index (Phi) is 6.15. The molecule has 0 fully saturated rings. The van der Waals surface area contributed by atoms with E-state index in [2.05, 4.69) is 15.4 Å². The molecular formula is C16H13F2N3O5. The third-order valence-electron chi connectivity index (χ3n) is 3.09. The largest absolute Gasteiger partial charge is 0.435 e. The molecule has 0 aromatic heterocycles. The molecule has 2 amide bonds. The van der Waals surface area contributed by atoms with E-state index in [1.807, 2.05) is 0 Å². The van der Waals surface area contributed by atoms with E-state index in [0.717, 1.165) is 6.07 Å². The number of halogens is 2. The summed E-state index contributed by atoms with van der Waals surface area (Å²) in [7, 11) is 0. The van der Waals surface area contributed by atoms with Gasteiger partial charge < -0.3 is 15.4 Å². The molecule has 0 aliphatic carbocycles. The number of nitro groups is 1. The highest BCUT2D eigenvalue weighted by Crippen LogP contribution is 2.17. The number of benzene rings is 2. The fourth-order valence-corrected chi connectivity index (χ4v) is 1.95. The number of amides is 2. The third-order valence-corrected chi connectivity index (χ3v) is 3.09. The molecule has 136 valence electrons. The van der Waals surface area contributed by atoms with Crippen molar-refractivity contribution in [2.24, 2.45) is 0 Å². The minimum absolute atomic E-state index is 0.0421. The topological polar surface area (TPSA) is 111 Å². The lowest BCUT2D eigenvalue weighted by molar-refractivity contribution is -0.384. The van der Waals surface area contributed by atoms with E-state index >= 15 is 0 Å². The number of hydrogen-bond donors (Lipinski definition) is 2. The smallest absolute Gasteiger partial charge is 0.387 e. The number of rotatable bonds is 7. The van der Waals surface area contributed by atoms with Gasteiger partial charge in [0.1, 0.15) is 5.75 Å². The van der Waals surface area contributed by atoms with Crippen molar-refractivity contribution in [1.82, 2.24) is 5.32 Å². The van der Waals surface area contributed by atoms with Gasteiger partial charge in [0, 0.05) is 23.4 Å². The second-order valence-corrected chi connectivity index (χ2v) is 4.94. The van der Waals surface area contributed by atoms with Crippen molar-refractivity contribution in [1.29, 1.82) is 0 Å². The molecule has 2 rings (SSSR count). The number of ether oxygens (including phenoxy) is 1. The molecule has 10 heteroatoms. The quantitative estimate of drug-likeness (QED) is 0.579. The number of carbonyl (C=O) groups excluding carboxylic acids is 2. The number of nitro benzene ring substituents is 1. The van der Waals surface area contributed by atoms with Gasteiger partial charge in [0.2, 0.25) is 5.91 Å². The van der Waals surface area contributed by atoms with Gasteiger partial charge in [-0.2, -0.15) is 8.78 Å². The van der Waals surface area contributed by atoms with E-state index in [-0.39, 0.29) is 23.5 Å². The lowest BCUT2D eigenvalue weighted by Crippen LogP contribution is -2.32. The predicted octanol–water partition coefficient (Wildman–Crippen LogP) is 2.56. The second-order valence-electron chi connectivity index (χ2n) is 4.94. The minimum atomic E-state index is -2.94. The van der Waals surface area contributed by atoms with Gasteiger partial charge in [0.25, 0.3) is 11.6 Å². The molecule has 0 saturated heterocycles. The Hall–Kier alpha value is -3.56. The van der Waals surface area contributed by atoms with Crippen molar-refractivity contribution in [3.05, 3.63) is 64.2 Å². The van der Waals surface area contributed by atoms with Crippen molar-refractivity contribution in [2.75, 3.05) is 11.9 Å². The molecule has 0 heterocycles. The predicted molar refractivity (Wildman–Crippen MR) is 87.1 cm³/mol. The maximum atomic E-state index is 12.0. The highest BCUT2D eigenvalue weighted by molar-refractivity contribution is 5.99. The standard InChI is InChI=1S/C16H13F2N3O5/c17-16(18)26-13-6-4-11(5-7-13)20-14(22)9-19-15(23)10-2-1-3-12(8-10)21(24)25/h1-8,16H,9H2,(H,19,23)(H,20,22). The van der Waals surface area contributed by atoms with E-state index in [1.165, 1.54) is 42.5 Å². The Bertz CT molecular complexity index is 812. The lowest BCUT2D eigenvalue weighted by atomic mass is 10.2. The molecule has 2 N–H and O–H groups in total. The Morgan fingerprint density at radius 3 is 2.46 bits per heavy atom. The number of hydrogen-bond acceptors (Lipinski definition) is 5. The zero-order chi connectivity index (χ0) is 19.1. The normalized spacial score (nSPS) is 10.3. The number of nitrogens with one attached hydrogen (secondary N) is 2. The summed E-state index contributed by atoms with van der Waals surface area (Å²) in [5.74, 6) is -1.27. The summed E-state index contributed by atoms with van der Waals surface area (Å²) in [6.07, 6.45) is 0. The van der Waals surface area contributed by atoms with Crippen LogP contribution in [-0.4, -0.2) is 29.9 Å². The first-order valence-corrected chi connectivity index (χ1v) is 7.22. The fourth-order valence-electron chi connectivity index (χ4n) is 1.95. The summed E-state index contributed by atoms with van der Waals surface area (Å²) in [4.78, 5) is 33.8. The maximum Gasteiger partial charge on any atom is 0.387 e. The lowest BCUT2D eigenvalue weighted by Gasteiger charge is -2.08. The van der Waals surface area contributed by atoms with Crippen LogP contribution in [0.3, 0.4) is 0 Å². The van der Waals surface area contributed by atoms with E-state index in [0.29, 0.717) is 5.69 Å². The van der Waals surface area contributed by atoms with Gasteiger partial charge in [0.05, 0.1) is 11.5 Å². The molecule has 8 nitrogen and oxygen atoms in total. The van der Waals surface area contributed by atoms with Crippen LogP contribution in [0.2, 0.25) is 0 Å². The van der Waals surface area contributed by atoms with E-state index in [9.17, 15) is 28.5 Å². The zero-order valence-corrected chi connectivity index (χ0v) is 13.1. The highest BCUT2D eigenvalue weighted by atomic mass is 19.3. The number of non-ortho nitro benzene ring substituents is 1. The molecule has 0 radical (unpaired) electrons. The van der Waals surface area contributed by atoms with Crippen LogP contribution in [0, 0.1) is 10.1 Å². The Morgan fingerprint density at radius 1 is 1.15 bits per heavy atom. The fraction of sp³-hybridized carbons (Fsp3) is 0.125. The van der Waals surface area contributed by atoms with E-state index in [4.69, 9.17) is 0 Å². The molecule has 0 bridgehead atoms. The van der Waals surface area contributed by atoms with Crippen molar-refractivity contribution >= 4 is 23.2 Å². The SMILES string of the molecule is O=C(CNC(=O)c1cccc([N+](=O)[O-])c1)Nc1ccc(OC(F)F)cc1. The first-order chi connectivity index (χ1) is 12.3. The van der Waals surface area contributed by atoms with Gasteiger partial charge in [-0.05, 0) is 30.3 Å². The zero-order valence-electron chi connectivity index (χ0n) is 13.1. The first kappa shape index (κ1) is 18.8. The summed E-state index contributed by atoms with van der Waals surface area (Å²) < 4.78 is 28.3. The van der Waals surface area contributed by atoms with Gasteiger partial charge in [-0.1, -0.05) is 6.07 Å². The molecule has 0 spiro atoms. The van der Waals surface area contributed by atoms with Crippen LogP contribution >= 0.6 is 0 Å². The van der Waals surface area contributed by atoms with Crippen molar-refractivity contribution in [3.63, 3.8) is 0 Å². The van der Waals surface area contributed by atoms with E-state index < -0.39 is 23.3 Å². The van der Waals surface area contributed by atoms with Crippen LogP contribution in [0.15, 0.2) is 48.5 Å². The van der Waals surface area contributed by atoms with Gasteiger partial charge in [-0.25, -0.2) is 0 Å². The maximum absolute atomic E-state index is 12.0. The summed E-state index contributed by atoms with van der Waals surface area (Å²) in [5, 5.41) is 15.5. The van der Waals surface area contributed by atoms with Crippen LogP contribution in [0.4, 0.5) is 20.2 Å². The van der Waals surface area contributed by atoms with Crippen LogP contribution < -0.4 is 15.4 Å². The van der Waals surface area contributed by atoms with Crippen LogP contribution in [0.1, 0.15) is 10.4 Å². The summed E-state index contributed by atoms with van der Waals surface area (Å²) in [5.41, 5.74) is 0.120. The number of nitrogens with zero attached hydrogens (tertiary/aromatic N) is 1. The first-order valence-electron chi connectivity index (χ1n) is 7.22. The van der Waals surface area contributed by atoms with Gasteiger partial charge in [0.15, 0.2) is 0 Å². The average molecular weight is 365 g/mol. The van der Waals surface area contributed by atoms with Crippen molar-refractivity contribution < 1.29 is 28.0 Å². The molecular weight excluding hydrogens is 352 g/mol. The van der Waals surface area contributed by atoms with Crippen molar-refractivity contribution in [2.45, 2.75) is 6.61 Å². The van der Waals surface area contributed by atoms with Crippen molar-refractivity contribution in [3.8, 4) is 5.75 Å². The number of anilines is 1. The Labute approximate surface area is 145 Å². The Balaban J connectivity index is 1.87.